The number of aromatic nitrogens is 1. The number of rotatable bonds is 2. The number of hydrogen-bond donors (Lipinski definition) is 0. The molecule has 0 N–H and O–H groups in total. The van der Waals surface area contributed by atoms with Crippen LogP contribution in [0.25, 0.3) is 0 Å². The van der Waals surface area contributed by atoms with Gasteiger partial charge in [0.2, 0.25) is 5.91 Å². The maximum Gasteiger partial charge on any atom is 0.307 e. The third-order valence-electron chi connectivity index (χ3n) is 2.75. The minimum Gasteiger partial charge on any atom is -0.308 e. The first kappa shape index (κ1) is 13.4. The molecule has 18 heavy (non-hydrogen) atoms. The summed E-state index contributed by atoms with van der Waals surface area (Å²) < 4.78 is 35.0. The van der Waals surface area contributed by atoms with Gasteiger partial charge >= 0.3 is 10.2 Å². The molecule has 1 aromatic heterocycles. The molecule has 0 radical (unpaired) electrons. The highest BCUT2D eigenvalue weighted by molar-refractivity contribution is 9.10. The predicted molar refractivity (Wildman–Crippen MR) is 67.5 cm³/mol. The quantitative estimate of drug-likeness (QED) is 0.607. The predicted octanol–water partition coefficient (Wildman–Crippen LogP) is 1.56. The van der Waals surface area contributed by atoms with E-state index in [0.717, 1.165) is 5.69 Å². The molecular weight excluding hydrogens is 327 g/mol. The van der Waals surface area contributed by atoms with Gasteiger partial charge in [0.15, 0.2) is 0 Å². The Hall–Kier alpha value is -1.02. The summed E-state index contributed by atoms with van der Waals surface area (Å²) >= 11 is 3.21. The second kappa shape index (κ2) is 4.58. The Morgan fingerprint density at radius 3 is 2.67 bits per heavy atom. The van der Waals surface area contributed by atoms with E-state index in [0.29, 0.717) is 10.3 Å². The van der Waals surface area contributed by atoms with Crippen LogP contribution in [0.1, 0.15) is 12.1 Å². The third-order valence-corrected chi connectivity index (χ3v) is 4.44. The molecule has 0 aromatic carbocycles. The number of nitrogens with zero attached hydrogens (tertiary/aromatic N) is 2. The van der Waals surface area contributed by atoms with Gasteiger partial charge in [-0.15, -0.1) is 3.89 Å². The summed E-state index contributed by atoms with van der Waals surface area (Å²) in [5.74, 6) is -0.424. The third kappa shape index (κ3) is 2.54. The van der Waals surface area contributed by atoms with Gasteiger partial charge in [0, 0.05) is 18.7 Å². The van der Waals surface area contributed by atoms with Crippen molar-refractivity contribution >= 4 is 37.7 Å². The lowest BCUT2D eigenvalue weighted by atomic mass is 10.3. The lowest BCUT2D eigenvalue weighted by molar-refractivity contribution is -0.117. The molecule has 2 rings (SSSR count). The number of carbonyl (C=O) groups excluding carboxylic acids is 1. The first-order valence-corrected chi connectivity index (χ1v) is 7.40. The summed E-state index contributed by atoms with van der Waals surface area (Å²) in [5.41, 5.74) is 1.21. The summed E-state index contributed by atoms with van der Waals surface area (Å²) in [5, 5.41) is -1.29. The number of anilines is 1. The van der Waals surface area contributed by atoms with Crippen LogP contribution in [0, 0.1) is 6.92 Å². The summed E-state index contributed by atoms with van der Waals surface area (Å²) in [6, 6.07) is 3.35. The van der Waals surface area contributed by atoms with E-state index in [9.17, 15) is 17.1 Å². The highest BCUT2D eigenvalue weighted by atomic mass is 79.9. The molecule has 1 unspecified atom stereocenters. The van der Waals surface area contributed by atoms with E-state index in [1.165, 1.54) is 4.90 Å². The van der Waals surface area contributed by atoms with Crippen molar-refractivity contribution < 1.29 is 17.1 Å². The van der Waals surface area contributed by atoms with Crippen LogP contribution in [0.5, 0.6) is 0 Å². The smallest absolute Gasteiger partial charge is 0.307 e. The van der Waals surface area contributed by atoms with Crippen molar-refractivity contribution in [3.63, 3.8) is 0 Å². The van der Waals surface area contributed by atoms with E-state index in [1.807, 2.05) is 0 Å². The molecule has 1 amide bonds. The van der Waals surface area contributed by atoms with Crippen molar-refractivity contribution in [2.45, 2.75) is 18.6 Å². The van der Waals surface area contributed by atoms with Crippen LogP contribution >= 0.6 is 15.9 Å². The van der Waals surface area contributed by atoms with Crippen molar-refractivity contribution in [2.24, 2.45) is 0 Å². The Labute approximate surface area is 112 Å². The van der Waals surface area contributed by atoms with Crippen LogP contribution in [0.2, 0.25) is 0 Å². The highest BCUT2D eigenvalue weighted by Gasteiger charge is 2.39. The van der Waals surface area contributed by atoms with Gasteiger partial charge in [-0.2, -0.15) is 8.42 Å². The molecular formula is C10H10BrFN2O3S. The van der Waals surface area contributed by atoms with Crippen molar-refractivity contribution in [1.29, 1.82) is 0 Å². The first-order valence-electron chi connectivity index (χ1n) is 5.16. The number of carbonyl (C=O) groups is 1. The van der Waals surface area contributed by atoms with E-state index >= 15 is 0 Å². The molecule has 0 aliphatic carbocycles. The van der Waals surface area contributed by atoms with Crippen molar-refractivity contribution in [1.82, 2.24) is 4.98 Å². The highest BCUT2D eigenvalue weighted by Crippen LogP contribution is 2.30. The zero-order valence-electron chi connectivity index (χ0n) is 9.43. The Kier molecular flexibility index (Phi) is 3.41. The van der Waals surface area contributed by atoms with Crippen LogP contribution < -0.4 is 4.90 Å². The number of pyridine rings is 1. The van der Waals surface area contributed by atoms with Crippen LogP contribution in [0.3, 0.4) is 0 Å². The maximum absolute atomic E-state index is 12.9. The zero-order chi connectivity index (χ0) is 13.5. The minimum absolute atomic E-state index is 0.180. The van der Waals surface area contributed by atoms with E-state index in [4.69, 9.17) is 0 Å². The van der Waals surface area contributed by atoms with Gasteiger partial charge in [-0.05, 0) is 35.0 Å². The number of halogens is 2. The van der Waals surface area contributed by atoms with Gasteiger partial charge in [-0.3, -0.25) is 4.79 Å². The summed E-state index contributed by atoms with van der Waals surface area (Å²) in [6.45, 7) is 1.61. The Balaban J connectivity index is 2.33. The van der Waals surface area contributed by atoms with Gasteiger partial charge in [0.25, 0.3) is 0 Å². The average Bonchev–Trinajstić information content (AvgIpc) is 2.60. The van der Waals surface area contributed by atoms with E-state index in [1.54, 1.807) is 19.1 Å². The molecule has 0 saturated carbocycles. The van der Waals surface area contributed by atoms with Gasteiger partial charge in [0.05, 0.1) is 5.69 Å². The Bertz CT molecular complexity index is 605. The van der Waals surface area contributed by atoms with Gasteiger partial charge < -0.3 is 4.90 Å². The van der Waals surface area contributed by atoms with Crippen molar-refractivity contribution in [3.05, 3.63) is 22.4 Å². The summed E-state index contributed by atoms with van der Waals surface area (Å²) in [4.78, 5) is 17.1. The number of aryl methyl sites for hydroxylation is 1. The average molecular weight is 337 g/mol. The van der Waals surface area contributed by atoms with E-state index in [-0.39, 0.29) is 13.0 Å². The molecule has 1 fully saturated rings. The van der Waals surface area contributed by atoms with Crippen LogP contribution in [0.15, 0.2) is 16.7 Å². The van der Waals surface area contributed by atoms with Crippen LogP contribution in [-0.2, 0) is 15.0 Å². The molecule has 1 atom stereocenters. The molecule has 1 aliphatic heterocycles. The summed E-state index contributed by atoms with van der Waals surface area (Å²) in [6.07, 6.45) is -0.334. The molecule has 5 nitrogen and oxygen atoms in total. The Morgan fingerprint density at radius 1 is 1.50 bits per heavy atom. The fourth-order valence-corrected chi connectivity index (χ4v) is 3.11. The second-order valence-corrected chi connectivity index (χ2v) is 6.44. The maximum atomic E-state index is 12.9. The summed E-state index contributed by atoms with van der Waals surface area (Å²) in [7, 11) is -4.70. The minimum atomic E-state index is -4.70. The first-order chi connectivity index (χ1) is 8.29. The molecule has 0 spiro atoms. The Morgan fingerprint density at radius 2 is 2.17 bits per heavy atom. The normalized spacial score (nSPS) is 20.5. The molecule has 8 heteroatoms. The zero-order valence-corrected chi connectivity index (χ0v) is 11.8. The van der Waals surface area contributed by atoms with Crippen LogP contribution in [0.4, 0.5) is 9.57 Å². The molecule has 1 saturated heterocycles. The number of hydrogen-bond acceptors (Lipinski definition) is 4. The van der Waals surface area contributed by atoms with E-state index in [2.05, 4.69) is 20.9 Å². The topological polar surface area (TPSA) is 67.3 Å². The number of amides is 1. The fraction of sp³-hybridized carbons (Fsp3) is 0.400. The molecule has 2 heterocycles. The molecule has 1 aliphatic rings. The molecule has 0 bridgehead atoms. The van der Waals surface area contributed by atoms with Gasteiger partial charge in [-0.1, -0.05) is 0 Å². The molecule has 1 aromatic rings. The second-order valence-electron chi connectivity index (χ2n) is 4.07. The standard InChI is InChI=1S/C10H10BrFN2O3S/c1-6-2-3-8(10(11)13-6)14-5-7(4-9(14)15)18(12,16)17/h2-3,7H,4-5H2,1H3. The van der Waals surface area contributed by atoms with Crippen LogP contribution in [-0.4, -0.2) is 31.1 Å². The van der Waals surface area contributed by atoms with E-state index < -0.39 is 21.4 Å². The van der Waals surface area contributed by atoms with Crippen molar-refractivity contribution in [3.8, 4) is 0 Å². The van der Waals surface area contributed by atoms with Gasteiger partial charge in [-0.25, -0.2) is 4.98 Å². The lowest BCUT2D eigenvalue weighted by Crippen LogP contribution is -2.27. The fourth-order valence-electron chi connectivity index (χ4n) is 1.82. The lowest BCUT2D eigenvalue weighted by Gasteiger charge is -2.17. The largest absolute Gasteiger partial charge is 0.308 e. The van der Waals surface area contributed by atoms with Gasteiger partial charge in [0.1, 0.15) is 9.85 Å². The monoisotopic (exact) mass is 336 g/mol. The molecule has 98 valence electrons. The SMILES string of the molecule is Cc1ccc(N2CC(S(=O)(=O)F)CC2=O)c(Br)n1. The van der Waals surface area contributed by atoms with Crippen molar-refractivity contribution in [2.75, 3.05) is 11.4 Å².